The molecule has 0 fully saturated rings. The van der Waals surface area contributed by atoms with Crippen molar-refractivity contribution < 1.29 is 99.5 Å². The first-order valence-corrected chi connectivity index (χ1v) is 23.1. The molecule has 65 heavy (non-hydrogen) atoms. The summed E-state index contributed by atoms with van der Waals surface area (Å²) < 4.78 is 109. The molecule has 2 N–H and O–H groups in total. The molecule has 0 spiro atoms. The number of ether oxygens (including phenoxy) is 20. The molecule has 0 aromatic carbocycles. The zero-order valence-electron chi connectivity index (χ0n) is 39.4. The van der Waals surface area contributed by atoms with Gasteiger partial charge < -0.3 is 105 Å². The van der Waals surface area contributed by atoms with Gasteiger partial charge in [0.25, 0.3) is 0 Å². The molecule has 0 aromatic rings. The summed E-state index contributed by atoms with van der Waals surface area (Å²) in [6, 6.07) is 0. The molecule has 22 nitrogen and oxygen atoms in total. The fourth-order valence-corrected chi connectivity index (χ4v) is 4.50. The van der Waals surface area contributed by atoms with E-state index in [2.05, 4.69) is 0 Å². The van der Waals surface area contributed by atoms with Crippen molar-refractivity contribution >= 4 is 6.29 Å². The van der Waals surface area contributed by atoms with Gasteiger partial charge in [0.15, 0.2) is 0 Å². The van der Waals surface area contributed by atoms with Crippen molar-refractivity contribution in [3.8, 4) is 0 Å². The summed E-state index contributed by atoms with van der Waals surface area (Å²) in [7, 11) is 0. The van der Waals surface area contributed by atoms with E-state index in [1.165, 1.54) is 0 Å². The van der Waals surface area contributed by atoms with Crippen molar-refractivity contribution in [2.75, 3.05) is 271 Å². The fraction of sp³-hybridized carbons (Fsp3) is 0.977. The Kier molecular flexibility index (Phi) is 61.7. The second kappa shape index (κ2) is 62.8. The lowest BCUT2D eigenvalue weighted by molar-refractivity contribution is -0.109. The Bertz CT molecular complexity index is 847. The summed E-state index contributed by atoms with van der Waals surface area (Å²) >= 11 is 0. The van der Waals surface area contributed by atoms with Crippen LogP contribution in [0.5, 0.6) is 0 Å². The van der Waals surface area contributed by atoms with Crippen molar-refractivity contribution in [3.63, 3.8) is 0 Å². The van der Waals surface area contributed by atoms with E-state index in [9.17, 15) is 4.79 Å². The van der Waals surface area contributed by atoms with Crippen molar-refractivity contribution in [3.05, 3.63) is 0 Å². The molecular weight excluding hydrogens is 866 g/mol. The van der Waals surface area contributed by atoms with Gasteiger partial charge in [0.1, 0.15) is 6.29 Å². The highest BCUT2D eigenvalue weighted by atomic mass is 16.6. The molecule has 0 radical (unpaired) electrons. The van der Waals surface area contributed by atoms with Crippen molar-refractivity contribution in [2.45, 2.75) is 6.42 Å². The van der Waals surface area contributed by atoms with E-state index in [1.54, 1.807) is 0 Å². The van der Waals surface area contributed by atoms with Gasteiger partial charge >= 0.3 is 0 Å². The topological polar surface area (TPSA) is 228 Å². The first-order chi connectivity index (χ1) is 32.4. The molecule has 390 valence electrons. The fourth-order valence-electron chi connectivity index (χ4n) is 4.50. The van der Waals surface area contributed by atoms with Crippen LogP contribution in [0.1, 0.15) is 6.42 Å². The van der Waals surface area contributed by atoms with Gasteiger partial charge in [0.2, 0.25) is 0 Å². The molecule has 0 aliphatic heterocycles. The molecule has 0 rings (SSSR count). The van der Waals surface area contributed by atoms with Gasteiger partial charge in [-0.15, -0.1) is 0 Å². The van der Waals surface area contributed by atoms with Gasteiger partial charge in [-0.3, -0.25) is 0 Å². The van der Waals surface area contributed by atoms with E-state index in [0.29, 0.717) is 277 Å². The molecule has 0 saturated carbocycles. The molecule has 0 atom stereocenters. The maximum Gasteiger partial charge on any atom is 0.122 e. The molecule has 0 heterocycles. The average molecular weight is 954 g/mol. The SMILES string of the molecule is NCCOCCOCCOCCOCCOCCOCCOCCOCCOCCOCCOCCOCCOCCOCCOCCOCCOCCOCCOCCOCCC=O. The van der Waals surface area contributed by atoms with Crippen molar-refractivity contribution in [1.29, 1.82) is 0 Å². The minimum absolute atomic E-state index is 0.409. The minimum atomic E-state index is 0.409. The average Bonchev–Trinajstić information content (AvgIpc) is 3.32. The van der Waals surface area contributed by atoms with Crippen LogP contribution >= 0.6 is 0 Å². The van der Waals surface area contributed by atoms with E-state index >= 15 is 0 Å². The smallest absolute Gasteiger partial charge is 0.122 e. The highest BCUT2D eigenvalue weighted by molar-refractivity contribution is 5.49. The third kappa shape index (κ3) is 62.8. The zero-order valence-corrected chi connectivity index (χ0v) is 39.4. The first-order valence-electron chi connectivity index (χ1n) is 23.1. The Morgan fingerprint density at radius 3 is 0.400 bits per heavy atom. The molecular formula is C43H87NO21. The molecule has 22 heteroatoms. The Morgan fingerprint density at radius 2 is 0.292 bits per heavy atom. The summed E-state index contributed by atoms with van der Waals surface area (Å²) in [6.07, 6.45) is 1.24. The molecule has 0 aliphatic rings. The normalized spacial score (nSPS) is 11.6. The first kappa shape index (κ1) is 63.8. The Hall–Kier alpha value is -1.17. The van der Waals surface area contributed by atoms with Crippen molar-refractivity contribution in [1.82, 2.24) is 0 Å². The highest BCUT2D eigenvalue weighted by Gasteiger charge is 1.99. The van der Waals surface area contributed by atoms with Gasteiger partial charge in [0.05, 0.1) is 264 Å². The molecule has 0 aromatic heterocycles. The number of aldehydes is 1. The van der Waals surface area contributed by atoms with E-state index in [-0.39, 0.29) is 0 Å². The number of rotatable bonds is 62. The summed E-state index contributed by atoms with van der Waals surface area (Å²) in [5.74, 6) is 0. The molecule has 0 saturated heterocycles. The van der Waals surface area contributed by atoms with Crippen LogP contribution in [0, 0.1) is 0 Å². The van der Waals surface area contributed by atoms with E-state index in [1.807, 2.05) is 0 Å². The van der Waals surface area contributed by atoms with Gasteiger partial charge in [-0.05, 0) is 0 Å². The monoisotopic (exact) mass is 954 g/mol. The quantitative estimate of drug-likeness (QED) is 0.0619. The molecule has 0 bridgehead atoms. The van der Waals surface area contributed by atoms with Crippen LogP contribution in [0.4, 0.5) is 0 Å². The number of hydrogen-bond donors (Lipinski definition) is 1. The lowest BCUT2D eigenvalue weighted by atomic mass is 10.5. The lowest BCUT2D eigenvalue weighted by Gasteiger charge is -2.09. The van der Waals surface area contributed by atoms with Gasteiger partial charge in [-0.1, -0.05) is 0 Å². The van der Waals surface area contributed by atoms with Crippen LogP contribution in [-0.4, -0.2) is 277 Å². The van der Waals surface area contributed by atoms with Crippen LogP contribution in [0.3, 0.4) is 0 Å². The predicted molar refractivity (Wildman–Crippen MR) is 236 cm³/mol. The maximum atomic E-state index is 10.2. The van der Waals surface area contributed by atoms with Gasteiger partial charge in [-0.2, -0.15) is 0 Å². The Labute approximate surface area is 388 Å². The third-order valence-electron chi connectivity index (χ3n) is 7.71. The predicted octanol–water partition coefficient (Wildman–Crippen LogP) is -0.134. The Morgan fingerprint density at radius 1 is 0.185 bits per heavy atom. The summed E-state index contributed by atoms with van der Waals surface area (Å²) in [5.41, 5.74) is 5.34. The minimum Gasteiger partial charge on any atom is -0.379 e. The van der Waals surface area contributed by atoms with Gasteiger partial charge in [0, 0.05) is 13.0 Å². The largest absolute Gasteiger partial charge is 0.379 e. The third-order valence-corrected chi connectivity index (χ3v) is 7.71. The van der Waals surface area contributed by atoms with Crippen LogP contribution in [0.15, 0.2) is 0 Å². The van der Waals surface area contributed by atoms with Crippen molar-refractivity contribution in [2.24, 2.45) is 5.73 Å². The standard InChI is InChI=1S/C43H87NO21/c44-2-5-47-7-9-49-11-13-51-15-17-53-19-21-55-23-25-57-27-29-59-31-33-61-35-37-63-39-41-65-43-42-64-40-38-62-36-34-60-32-30-58-28-26-56-24-22-54-20-18-52-16-14-50-12-10-48-8-6-46-4-1-3-45/h3H,1-2,4-44H2. The highest BCUT2D eigenvalue weighted by Crippen LogP contribution is 1.90. The second-order valence-electron chi connectivity index (χ2n) is 13.0. The van der Waals surface area contributed by atoms with E-state index in [4.69, 9.17) is 100 Å². The number of carbonyl (C=O) groups is 1. The van der Waals surface area contributed by atoms with Crippen LogP contribution < -0.4 is 5.73 Å². The number of hydrogen-bond acceptors (Lipinski definition) is 22. The van der Waals surface area contributed by atoms with Crippen LogP contribution in [0.25, 0.3) is 0 Å². The maximum absolute atomic E-state index is 10.2. The van der Waals surface area contributed by atoms with Gasteiger partial charge in [-0.25, -0.2) is 0 Å². The Balaban J connectivity index is 3.06. The van der Waals surface area contributed by atoms with Crippen LogP contribution in [-0.2, 0) is 99.5 Å². The second-order valence-corrected chi connectivity index (χ2v) is 13.0. The van der Waals surface area contributed by atoms with E-state index in [0.717, 1.165) is 6.29 Å². The van der Waals surface area contributed by atoms with E-state index < -0.39 is 0 Å². The number of nitrogens with two attached hydrogens (primary N) is 1. The summed E-state index contributed by atoms with van der Waals surface area (Å²) in [5, 5.41) is 0. The molecule has 0 aliphatic carbocycles. The molecule has 0 unspecified atom stereocenters. The number of carbonyl (C=O) groups excluding carboxylic acids is 1. The lowest BCUT2D eigenvalue weighted by Crippen LogP contribution is -2.16. The summed E-state index contributed by atoms with van der Waals surface area (Å²) in [6.45, 7) is 20.4. The zero-order chi connectivity index (χ0) is 46.5. The summed E-state index contributed by atoms with van der Waals surface area (Å²) in [4.78, 5) is 10.2. The van der Waals surface area contributed by atoms with Crippen LogP contribution in [0.2, 0.25) is 0 Å². The molecule has 0 amide bonds.